The van der Waals surface area contributed by atoms with Crippen LogP contribution < -0.4 is 5.32 Å². The zero-order valence-electron chi connectivity index (χ0n) is 17.3. The van der Waals surface area contributed by atoms with E-state index in [4.69, 9.17) is 0 Å². The van der Waals surface area contributed by atoms with E-state index in [1.54, 1.807) is 6.08 Å². The van der Waals surface area contributed by atoms with Crippen molar-refractivity contribution >= 4 is 34.9 Å². The first kappa shape index (κ1) is 20.9. The van der Waals surface area contributed by atoms with Crippen LogP contribution in [0.15, 0.2) is 60.7 Å². The molecule has 6 nitrogen and oxygen atoms in total. The van der Waals surface area contributed by atoms with Crippen molar-refractivity contribution in [3.63, 3.8) is 0 Å². The van der Waals surface area contributed by atoms with Gasteiger partial charge in [-0.25, -0.2) is 0 Å². The Bertz CT molecular complexity index is 1090. The molecule has 7 heteroatoms. The van der Waals surface area contributed by atoms with E-state index < -0.39 is 0 Å². The fraction of sp³-hybridized carbons (Fsp3) is 0.250. The van der Waals surface area contributed by atoms with Crippen molar-refractivity contribution in [1.29, 1.82) is 0 Å². The minimum absolute atomic E-state index is 0.0258. The van der Waals surface area contributed by atoms with Gasteiger partial charge in [-0.05, 0) is 43.0 Å². The lowest BCUT2D eigenvalue weighted by atomic mass is 9.97. The summed E-state index contributed by atoms with van der Waals surface area (Å²) in [5.41, 5.74) is 2.79. The molecular formula is C24H24N4O2S. The molecule has 0 saturated carbocycles. The summed E-state index contributed by atoms with van der Waals surface area (Å²) in [6.45, 7) is 3.30. The highest BCUT2D eigenvalue weighted by atomic mass is 32.1. The highest BCUT2D eigenvalue weighted by Crippen LogP contribution is 2.30. The number of likely N-dealkylation sites (tertiary alicyclic amines) is 1. The van der Waals surface area contributed by atoms with E-state index in [0.29, 0.717) is 18.1 Å². The maximum atomic E-state index is 12.5. The zero-order valence-corrected chi connectivity index (χ0v) is 18.1. The molecular weight excluding hydrogens is 408 g/mol. The summed E-state index contributed by atoms with van der Waals surface area (Å²) in [6, 6.07) is 17.4. The maximum Gasteiger partial charge on any atom is 0.286 e. The fourth-order valence-electron chi connectivity index (χ4n) is 3.56. The molecule has 158 valence electrons. The summed E-state index contributed by atoms with van der Waals surface area (Å²) in [5.74, 6) is 0.00856. The third-order valence-corrected chi connectivity index (χ3v) is 6.49. The number of piperidine rings is 1. The van der Waals surface area contributed by atoms with Crippen LogP contribution in [0.2, 0.25) is 0 Å². The van der Waals surface area contributed by atoms with Crippen molar-refractivity contribution in [2.24, 2.45) is 0 Å². The van der Waals surface area contributed by atoms with Crippen LogP contribution in [0.1, 0.15) is 44.7 Å². The maximum absolute atomic E-state index is 12.5. The van der Waals surface area contributed by atoms with Crippen LogP contribution in [0.4, 0.5) is 5.69 Å². The van der Waals surface area contributed by atoms with Gasteiger partial charge in [-0.1, -0.05) is 59.9 Å². The van der Waals surface area contributed by atoms with E-state index in [0.717, 1.165) is 34.7 Å². The monoisotopic (exact) mass is 432 g/mol. The third-order valence-electron chi connectivity index (χ3n) is 5.40. The van der Waals surface area contributed by atoms with Crippen LogP contribution in [-0.2, 0) is 4.79 Å². The quantitative estimate of drug-likeness (QED) is 0.602. The summed E-state index contributed by atoms with van der Waals surface area (Å²) < 4.78 is 0. The Morgan fingerprint density at radius 1 is 1.03 bits per heavy atom. The van der Waals surface area contributed by atoms with E-state index in [-0.39, 0.29) is 17.7 Å². The van der Waals surface area contributed by atoms with E-state index in [2.05, 4.69) is 15.5 Å². The average molecular weight is 433 g/mol. The van der Waals surface area contributed by atoms with Crippen molar-refractivity contribution in [3.8, 4) is 0 Å². The number of carbonyl (C=O) groups excluding carboxylic acids is 2. The molecule has 31 heavy (non-hydrogen) atoms. The van der Waals surface area contributed by atoms with Gasteiger partial charge in [0, 0.05) is 30.8 Å². The first-order chi connectivity index (χ1) is 15.1. The molecule has 0 spiro atoms. The van der Waals surface area contributed by atoms with Gasteiger partial charge >= 0.3 is 0 Å². The summed E-state index contributed by atoms with van der Waals surface area (Å²) in [5, 5.41) is 12.5. The third kappa shape index (κ3) is 5.24. The molecule has 1 aliphatic heterocycles. The molecule has 1 N–H and O–H groups in total. The Balaban J connectivity index is 1.32. The normalized spacial score (nSPS) is 14.7. The van der Waals surface area contributed by atoms with Gasteiger partial charge in [0.1, 0.15) is 5.01 Å². The molecule has 1 aliphatic rings. The van der Waals surface area contributed by atoms with Crippen LogP contribution >= 0.6 is 11.3 Å². The molecule has 2 heterocycles. The number of para-hydroxylation sites is 1. The van der Waals surface area contributed by atoms with Gasteiger partial charge in [0.15, 0.2) is 0 Å². The lowest BCUT2D eigenvalue weighted by molar-refractivity contribution is -0.126. The number of anilines is 1. The van der Waals surface area contributed by atoms with Gasteiger partial charge in [-0.3, -0.25) is 9.59 Å². The van der Waals surface area contributed by atoms with Crippen LogP contribution in [0.5, 0.6) is 0 Å². The Morgan fingerprint density at radius 3 is 2.48 bits per heavy atom. The number of nitrogens with one attached hydrogen (secondary N) is 1. The highest BCUT2D eigenvalue weighted by molar-refractivity contribution is 7.13. The largest absolute Gasteiger partial charge is 0.339 e. The summed E-state index contributed by atoms with van der Waals surface area (Å²) in [4.78, 5) is 26.9. The van der Waals surface area contributed by atoms with Gasteiger partial charge < -0.3 is 10.2 Å². The number of hydrogen-bond donors (Lipinski definition) is 1. The van der Waals surface area contributed by atoms with Gasteiger partial charge in [-0.15, -0.1) is 10.2 Å². The first-order valence-electron chi connectivity index (χ1n) is 10.3. The van der Waals surface area contributed by atoms with Gasteiger partial charge in [0.2, 0.25) is 10.9 Å². The van der Waals surface area contributed by atoms with E-state index in [1.165, 1.54) is 11.3 Å². The SMILES string of the molecule is Cc1ccccc1NC(=O)c1nnc(C2CCN(C(=O)/C=C/c3ccccc3)CC2)s1. The summed E-state index contributed by atoms with van der Waals surface area (Å²) in [7, 11) is 0. The molecule has 1 aromatic heterocycles. The highest BCUT2D eigenvalue weighted by Gasteiger charge is 2.26. The molecule has 0 aliphatic carbocycles. The van der Waals surface area contributed by atoms with Gasteiger partial charge in [0.25, 0.3) is 5.91 Å². The van der Waals surface area contributed by atoms with Crippen molar-refractivity contribution in [2.45, 2.75) is 25.7 Å². The molecule has 3 aromatic rings. The van der Waals surface area contributed by atoms with Crippen LogP contribution in [-0.4, -0.2) is 40.0 Å². The number of nitrogens with zero attached hydrogens (tertiary/aromatic N) is 3. The molecule has 1 fully saturated rings. The zero-order chi connectivity index (χ0) is 21.6. The Morgan fingerprint density at radius 2 is 1.74 bits per heavy atom. The van der Waals surface area contributed by atoms with Crippen molar-refractivity contribution < 1.29 is 9.59 Å². The molecule has 0 atom stereocenters. The van der Waals surface area contributed by atoms with Gasteiger partial charge in [0.05, 0.1) is 0 Å². The van der Waals surface area contributed by atoms with E-state index in [9.17, 15) is 9.59 Å². The molecule has 1 saturated heterocycles. The second-order valence-corrected chi connectivity index (χ2v) is 8.57. The van der Waals surface area contributed by atoms with Gasteiger partial charge in [-0.2, -0.15) is 0 Å². The molecule has 2 amide bonds. The minimum atomic E-state index is -0.239. The Labute approximate surface area is 185 Å². The van der Waals surface area contributed by atoms with E-state index >= 15 is 0 Å². The Hall–Kier alpha value is -3.32. The molecule has 4 rings (SSSR count). The van der Waals surface area contributed by atoms with Crippen LogP contribution in [0.25, 0.3) is 6.08 Å². The number of amides is 2. The number of carbonyl (C=O) groups is 2. The lowest BCUT2D eigenvalue weighted by Crippen LogP contribution is -2.36. The molecule has 0 bridgehead atoms. The van der Waals surface area contributed by atoms with Crippen LogP contribution in [0, 0.1) is 6.92 Å². The second kappa shape index (κ2) is 9.66. The average Bonchev–Trinajstić information content (AvgIpc) is 3.30. The summed E-state index contributed by atoms with van der Waals surface area (Å²) in [6.07, 6.45) is 5.12. The first-order valence-corrected chi connectivity index (χ1v) is 11.1. The minimum Gasteiger partial charge on any atom is -0.339 e. The van der Waals surface area contributed by atoms with Crippen molar-refractivity contribution in [2.75, 3.05) is 18.4 Å². The number of benzene rings is 2. The standard InChI is InChI=1S/C24H24N4O2S/c1-17-7-5-6-10-20(17)25-22(30)24-27-26-23(31-24)19-13-15-28(16-14-19)21(29)12-11-18-8-3-2-4-9-18/h2-12,19H,13-16H2,1H3,(H,25,30)/b12-11+. The second-order valence-electron chi connectivity index (χ2n) is 7.56. The predicted molar refractivity (Wildman–Crippen MR) is 123 cm³/mol. The topological polar surface area (TPSA) is 75.2 Å². The smallest absolute Gasteiger partial charge is 0.286 e. The fourth-order valence-corrected chi connectivity index (χ4v) is 4.47. The predicted octanol–water partition coefficient (Wildman–Crippen LogP) is 4.52. The molecule has 0 radical (unpaired) electrons. The number of hydrogen-bond acceptors (Lipinski definition) is 5. The Kier molecular flexibility index (Phi) is 6.52. The van der Waals surface area contributed by atoms with Crippen molar-refractivity contribution in [3.05, 3.63) is 81.8 Å². The van der Waals surface area contributed by atoms with Crippen LogP contribution in [0.3, 0.4) is 0 Å². The molecule has 0 unspecified atom stereocenters. The lowest BCUT2D eigenvalue weighted by Gasteiger charge is -2.30. The number of rotatable bonds is 5. The van der Waals surface area contributed by atoms with Crippen molar-refractivity contribution in [1.82, 2.24) is 15.1 Å². The summed E-state index contributed by atoms with van der Waals surface area (Å²) >= 11 is 1.34. The van der Waals surface area contributed by atoms with E-state index in [1.807, 2.05) is 72.5 Å². The molecule has 2 aromatic carbocycles. The number of aromatic nitrogens is 2. The number of aryl methyl sites for hydroxylation is 1.